The highest BCUT2D eigenvalue weighted by Gasteiger charge is 2.44. The Labute approximate surface area is 176 Å². The van der Waals surface area contributed by atoms with Crippen LogP contribution in [0.3, 0.4) is 0 Å². The Morgan fingerprint density at radius 2 is 1.76 bits per heavy atom. The molecule has 2 aliphatic rings. The van der Waals surface area contributed by atoms with E-state index in [0.29, 0.717) is 6.04 Å². The van der Waals surface area contributed by atoms with Gasteiger partial charge in [0.25, 0.3) is 0 Å². The van der Waals surface area contributed by atoms with Gasteiger partial charge in [0.05, 0.1) is 17.8 Å². The van der Waals surface area contributed by atoms with Gasteiger partial charge < -0.3 is 14.8 Å². The third kappa shape index (κ3) is 3.42. The van der Waals surface area contributed by atoms with Crippen LogP contribution in [0.15, 0.2) is 67.3 Å². The minimum Gasteiger partial charge on any atom is -0.352 e. The van der Waals surface area contributed by atoms with Crippen molar-refractivity contribution in [2.75, 3.05) is 0 Å². The van der Waals surface area contributed by atoms with Crippen LogP contribution in [-0.2, 0) is 0 Å². The SMILES string of the molecule is S=C1NC(c2ccccn2)C(c2cccn2-c2ccncc2)N1C1CCCCC1. The Morgan fingerprint density at radius 1 is 0.931 bits per heavy atom. The summed E-state index contributed by atoms with van der Waals surface area (Å²) in [5, 5.41) is 4.45. The second-order valence-electron chi connectivity index (χ2n) is 7.83. The number of hydrogen-bond acceptors (Lipinski definition) is 3. The van der Waals surface area contributed by atoms with Crippen molar-refractivity contribution in [1.82, 2.24) is 24.8 Å². The van der Waals surface area contributed by atoms with Gasteiger partial charge in [-0.2, -0.15) is 0 Å². The third-order valence-electron chi connectivity index (χ3n) is 6.13. The van der Waals surface area contributed by atoms with Crippen molar-refractivity contribution in [2.45, 2.75) is 50.2 Å². The molecule has 1 saturated heterocycles. The summed E-state index contributed by atoms with van der Waals surface area (Å²) in [6, 6.07) is 15.1. The minimum absolute atomic E-state index is 0.0288. The van der Waals surface area contributed by atoms with Crippen molar-refractivity contribution < 1.29 is 0 Å². The van der Waals surface area contributed by atoms with Crippen molar-refractivity contribution in [3.05, 3.63) is 78.6 Å². The fourth-order valence-electron chi connectivity index (χ4n) is 4.81. The van der Waals surface area contributed by atoms with E-state index in [1.54, 1.807) is 0 Å². The number of nitrogens with zero attached hydrogens (tertiary/aromatic N) is 4. The highest BCUT2D eigenvalue weighted by atomic mass is 32.1. The first kappa shape index (κ1) is 18.3. The maximum Gasteiger partial charge on any atom is 0.170 e. The zero-order valence-corrected chi connectivity index (χ0v) is 17.1. The molecule has 5 rings (SSSR count). The predicted molar refractivity (Wildman–Crippen MR) is 118 cm³/mol. The molecule has 0 bridgehead atoms. The smallest absolute Gasteiger partial charge is 0.170 e. The Morgan fingerprint density at radius 3 is 2.52 bits per heavy atom. The first-order chi connectivity index (χ1) is 14.3. The van der Waals surface area contributed by atoms with Gasteiger partial charge in [-0.25, -0.2) is 0 Å². The molecule has 2 atom stereocenters. The summed E-state index contributed by atoms with van der Waals surface area (Å²) in [6.07, 6.45) is 13.9. The van der Waals surface area contributed by atoms with Gasteiger partial charge in [0.2, 0.25) is 0 Å². The van der Waals surface area contributed by atoms with Gasteiger partial charge in [-0.3, -0.25) is 9.97 Å². The van der Waals surface area contributed by atoms with Crippen LogP contribution in [0, 0.1) is 0 Å². The van der Waals surface area contributed by atoms with Gasteiger partial charge in [0.1, 0.15) is 0 Å². The van der Waals surface area contributed by atoms with Crippen LogP contribution < -0.4 is 5.32 Å². The number of thiocarbonyl (C=S) groups is 1. The average molecular weight is 404 g/mol. The van der Waals surface area contributed by atoms with Crippen LogP contribution >= 0.6 is 12.2 Å². The normalized spacial score (nSPS) is 22.6. The molecule has 0 amide bonds. The summed E-state index contributed by atoms with van der Waals surface area (Å²) in [7, 11) is 0. The van der Waals surface area contributed by atoms with Crippen LogP contribution in [0.1, 0.15) is 55.6 Å². The van der Waals surface area contributed by atoms with Crippen LogP contribution in [0.4, 0.5) is 0 Å². The zero-order chi connectivity index (χ0) is 19.6. The van der Waals surface area contributed by atoms with Crippen LogP contribution in [0.25, 0.3) is 5.69 Å². The van der Waals surface area contributed by atoms with E-state index in [-0.39, 0.29) is 12.1 Å². The standard InChI is InChI=1S/C23H25N5S/c29-23-26-21(19-9-4-5-13-25-19)22(28(23)18-7-2-1-3-8-18)20-10-6-16-27(20)17-11-14-24-15-12-17/h4-6,9-16,18,21-22H,1-3,7-8H2,(H,26,29). The summed E-state index contributed by atoms with van der Waals surface area (Å²) in [4.78, 5) is 11.3. The number of aromatic nitrogens is 3. The Balaban J connectivity index is 1.61. The second-order valence-corrected chi connectivity index (χ2v) is 8.22. The fraction of sp³-hybridized carbons (Fsp3) is 0.348. The van der Waals surface area contributed by atoms with Gasteiger partial charge in [-0.05, 0) is 61.5 Å². The van der Waals surface area contributed by atoms with E-state index in [2.05, 4.69) is 55.2 Å². The summed E-state index contributed by atoms with van der Waals surface area (Å²) in [5.74, 6) is 0. The molecule has 29 heavy (non-hydrogen) atoms. The molecule has 1 saturated carbocycles. The van der Waals surface area contributed by atoms with Crippen molar-refractivity contribution in [3.8, 4) is 5.69 Å². The molecule has 0 spiro atoms. The molecule has 2 fully saturated rings. The molecule has 0 radical (unpaired) electrons. The van der Waals surface area contributed by atoms with Gasteiger partial charge in [-0.15, -0.1) is 0 Å². The van der Waals surface area contributed by atoms with Crippen LogP contribution in [-0.4, -0.2) is 30.6 Å². The number of hydrogen-bond donors (Lipinski definition) is 1. The lowest BCUT2D eigenvalue weighted by atomic mass is 9.92. The summed E-state index contributed by atoms with van der Waals surface area (Å²) < 4.78 is 2.26. The first-order valence-electron chi connectivity index (χ1n) is 10.4. The van der Waals surface area contributed by atoms with Crippen molar-refractivity contribution >= 4 is 17.3 Å². The van der Waals surface area contributed by atoms with E-state index < -0.39 is 0 Å². The first-order valence-corrected chi connectivity index (χ1v) is 10.8. The Hall–Kier alpha value is -2.73. The monoisotopic (exact) mass is 403 g/mol. The predicted octanol–water partition coefficient (Wildman–Crippen LogP) is 4.57. The van der Waals surface area contributed by atoms with E-state index in [1.165, 1.54) is 37.8 Å². The summed E-state index contributed by atoms with van der Waals surface area (Å²) >= 11 is 5.88. The number of rotatable bonds is 4. The Kier molecular flexibility index (Phi) is 5.02. The molecule has 6 heteroatoms. The van der Waals surface area contributed by atoms with Gasteiger partial charge in [-0.1, -0.05) is 25.3 Å². The fourth-order valence-corrected chi connectivity index (χ4v) is 5.20. The minimum atomic E-state index is 0.0288. The molecule has 2 unspecified atom stereocenters. The molecule has 4 heterocycles. The highest BCUT2D eigenvalue weighted by molar-refractivity contribution is 7.80. The lowest BCUT2D eigenvalue weighted by Gasteiger charge is -2.37. The molecular weight excluding hydrogens is 378 g/mol. The van der Waals surface area contributed by atoms with Crippen molar-refractivity contribution in [3.63, 3.8) is 0 Å². The zero-order valence-electron chi connectivity index (χ0n) is 16.3. The molecule has 0 aromatic carbocycles. The van der Waals surface area contributed by atoms with Crippen molar-refractivity contribution in [2.24, 2.45) is 0 Å². The highest BCUT2D eigenvalue weighted by Crippen LogP contribution is 2.43. The molecule has 3 aromatic heterocycles. The molecule has 1 N–H and O–H groups in total. The van der Waals surface area contributed by atoms with E-state index in [1.807, 2.05) is 36.8 Å². The Bertz CT molecular complexity index is 965. The van der Waals surface area contributed by atoms with E-state index in [4.69, 9.17) is 12.2 Å². The molecule has 5 nitrogen and oxygen atoms in total. The third-order valence-corrected chi connectivity index (χ3v) is 6.46. The second kappa shape index (κ2) is 7.95. The topological polar surface area (TPSA) is 46.0 Å². The molecule has 148 valence electrons. The van der Waals surface area contributed by atoms with Gasteiger partial charge >= 0.3 is 0 Å². The quantitative estimate of drug-likeness (QED) is 0.647. The van der Waals surface area contributed by atoms with Crippen molar-refractivity contribution in [1.29, 1.82) is 0 Å². The van der Waals surface area contributed by atoms with Crippen LogP contribution in [0.2, 0.25) is 0 Å². The summed E-state index contributed by atoms with van der Waals surface area (Å²) in [5.41, 5.74) is 3.37. The molecule has 3 aromatic rings. The summed E-state index contributed by atoms with van der Waals surface area (Å²) in [6.45, 7) is 0. The number of pyridine rings is 2. The van der Waals surface area contributed by atoms with E-state index >= 15 is 0 Å². The van der Waals surface area contributed by atoms with E-state index in [0.717, 1.165) is 16.5 Å². The largest absolute Gasteiger partial charge is 0.352 e. The molecular formula is C23H25N5S. The maximum absolute atomic E-state index is 5.88. The van der Waals surface area contributed by atoms with Gasteiger partial charge in [0.15, 0.2) is 5.11 Å². The maximum atomic E-state index is 5.88. The lowest BCUT2D eigenvalue weighted by molar-refractivity contribution is 0.193. The average Bonchev–Trinajstić information content (AvgIpc) is 3.40. The van der Waals surface area contributed by atoms with Crippen LogP contribution in [0.5, 0.6) is 0 Å². The van der Waals surface area contributed by atoms with Gasteiger partial charge in [0, 0.05) is 42.2 Å². The molecule has 1 aliphatic heterocycles. The van der Waals surface area contributed by atoms with E-state index in [9.17, 15) is 0 Å². The lowest BCUT2D eigenvalue weighted by Crippen LogP contribution is -2.40. The number of nitrogens with one attached hydrogen (secondary N) is 1. The molecule has 1 aliphatic carbocycles.